The second-order valence-electron chi connectivity index (χ2n) is 5.53. The summed E-state index contributed by atoms with van der Waals surface area (Å²) in [6.45, 7) is 3.57. The summed E-state index contributed by atoms with van der Waals surface area (Å²) in [6, 6.07) is 6.23. The summed E-state index contributed by atoms with van der Waals surface area (Å²) in [7, 11) is 0. The van der Waals surface area contributed by atoms with E-state index >= 15 is 0 Å². The number of halogens is 2. The number of nitrogens with zero attached hydrogens (tertiary/aromatic N) is 2. The van der Waals surface area contributed by atoms with Gasteiger partial charge in [-0.2, -0.15) is 4.39 Å². The molecule has 0 atom stereocenters. The molecule has 0 saturated carbocycles. The Bertz CT molecular complexity index is 931. The monoisotopic (exact) mass is 342 g/mol. The van der Waals surface area contributed by atoms with Gasteiger partial charge in [-0.25, -0.2) is 9.37 Å². The molecule has 0 aliphatic heterocycles. The van der Waals surface area contributed by atoms with E-state index in [1.807, 2.05) is 6.92 Å². The minimum absolute atomic E-state index is 0.0592. The van der Waals surface area contributed by atoms with Crippen molar-refractivity contribution in [2.24, 2.45) is 0 Å². The van der Waals surface area contributed by atoms with E-state index in [4.69, 9.17) is 10.5 Å². The summed E-state index contributed by atoms with van der Waals surface area (Å²) < 4.78 is 33.5. The highest BCUT2D eigenvalue weighted by molar-refractivity contribution is 5.65. The molecule has 5 nitrogen and oxygen atoms in total. The fourth-order valence-electron chi connectivity index (χ4n) is 2.24. The van der Waals surface area contributed by atoms with Crippen LogP contribution >= 0.6 is 0 Å². The lowest BCUT2D eigenvalue weighted by atomic mass is 10.2. The fraction of sp³-hybridized carbons (Fsp3) is 0.111. The summed E-state index contributed by atoms with van der Waals surface area (Å²) in [5.74, 6) is -1.11. The van der Waals surface area contributed by atoms with Crippen molar-refractivity contribution >= 4 is 17.2 Å². The molecule has 3 N–H and O–H groups in total. The molecule has 0 unspecified atom stereocenters. The highest BCUT2D eigenvalue weighted by Crippen LogP contribution is 2.32. The number of aromatic nitrogens is 2. The molecule has 0 radical (unpaired) electrons. The molecule has 128 valence electrons. The first kappa shape index (κ1) is 16.6. The van der Waals surface area contributed by atoms with Gasteiger partial charge in [0.1, 0.15) is 5.82 Å². The minimum atomic E-state index is -0.746. The van der Waals surface area contributed by atoms with Crippen LogP contribution in [-0.2, 0) is 0 Å². The summed E-state index contributed by atoms with van der Waals surface area (Å²) >= 11 is 0. The van der Waals surface area contributed by atoms with Crippen LogP contribution in [0.5, 0.6) is 11.5 Å². The predicted molar refractivity (Wildman–Crippen MR) is 92.1 cm³/mol. The first-order valence-electron chi connectivity index (χ1n) is 7.51. The lowest BCUT2D eigenvalue weighted by Crippen LogP contribution is -2.01. The molecule has 25 heavy (non-hydrogen) atoms. The van der Waals surface area contributed by atoms with Gasteiger partial charge in [0, 0.05) is 17.8 Å². The second-order valence-corrected chi connectivity index (χ2v) is 5.53. The molecule has 0 fully saturated rings. The molecule has 0 bridgehead atoms. The van der Waals surface area contributed by atoms with Crippen LogP contribution < -0.4 is 15.8 Å². The van der Waals surface area contributed by atoms with Gasteiger partial charge < -0.3 is 15.8 Å². The number of hydrogen-bond acceptors (Lipinski definition) is 5. The minimum Gasteiger partial charge on any atom is -0.452 e. The Labute approximate surface area is 143 Å². The number of ether oxygens (including phenoxy) is 1. The van der Waals surface area contributed by atoms with Gasteiger partial charge in [-0.15, -0.1) is 0 Å². The Morgan fingerprint density at radius 2 is 1.84 bits per heavy atom. The SMILES string of the molecule is Cc1ccc(Nc2cncc(Oc3ccnc(N)c3F)c2C)c(F)c1. The summed E-state index contributed by atoms with van der Waals surface area (Å²) in [5, 5.41) is 2.97. The average molecular weight is 342 g/mol. The topological polar surface area (TPSA) is 73.1 Å². The first-order valence-corrected chi connectivity index (χ1v) is 7.51. The summed E-state index contributed by atoms with van der Waals surface area (Å²) in [5.41, 5.74) is 7.76. The van der Waals surface area contributed by atoms with Crippen LogP contribution in [-0.4, -0.2) is 9.97 Å². The standard InChI is InChI=1S/C18H16F2N4O/c1-10-3-4-13(12(19)7-10)24-14-8-22-9-16(11(14)2)25-15-5-6-23-18(21)17(15)20/h3-9,24H,1-2H3,(H2,21,23). The van der Waals surface area contributed by atoms with Gasteiger partial charge in [0.05, 0.1) is 23.8 Å². The van der Waals surface area contributed by atoms with Crippen molar-refractivity contribution in [3.05, 3.63) is 65.6 Å². The molecule has 3 rings (SSSR count). The van der Waals surface area contributed by atoms with Crippen molar-refractivity contribution in [3.63, 3.8) is 0 Å². The van der Waals surface area contributed by atoms with E-state index in [1.165, 1.54) is 24.5 Å². The average Bonchev–Trinajstić information content (AvgIpc) is 2.57. The Morgan fingerprint density at radius 3 is 2.60 bits per heavy atom. The zero-order valence-corrected chi connectivity index (χ0v) is 13.7. The zero-order chi connectivity index (χ0) is 18.0. The van der Waals surface area contributed by atoms with Gasteiger partial charge in [0.15, 0.2) is 17.3 Å². The number of hydrogen-bond donors (Lipinski definition) is 2. The van der Waals surface area contributed by atoms with Gasteiger partial charge in [0.25, 0.3) is 0 Å². The van der Waals surface area contributed by atoms with Gasteiger partial charge in [-0.1, -0.05) is 6.07 Å². The van der Waals surface area contributed by atoms with Gasteiger partial charge in [-0.05, 0) is 31.5 Å². The molecular formula is C18H16F2N4O. The van der Waals surface area contributed by atoms with Gasteiger partial charge >= 0.3 is 0 Å². The maximum atomic E-state index is 14.0. The van der Waals surface area contributed by atoms with E-state index in [2.05, 4.69) is 15.3 Å². The number of nitrogen functional groups attached to an aromatic ring is 1. The Kier molecular flexibility index (Phi) is 4.47. The van der Waals surface area contributed by atoms with E-state index in [0.717, 1.165) is 5.56 Å². The largest absolute Gasteiger partial charge is 0.452 e. The number of rotatable bonds is 4. The number of pyridine rings is 2. The third kappa shape index (κ3) is 3.50. The zero-order valence-electron chi connectivity index (χ0n) is 13.7. The van der Waals surface area contributed by atoms with E-state index in [1.54, 1.807) is 25.3 Å². The number of nitrogens with one attached hydrogen (secondary N) is 1. The van der Waals surface area contributed by atoms with Crippen LogP contribution in [0.15, 0.2) is 42.9 Å². The Balaban J connectivity index is 1.91. The van der Waals surface area contributed by atoms with E-state index in [-0.39, 0.29) is 17.4 Å². The number of benzene rings is 1. The third-order valence-electron chi connectivity index (χ3n) is 3.66. The fourth-order valence-corrected chi connectivity index (χ4v) is 2.24. The molecule has 0 saturated heterocycles. The number of aryl methyl sites for hydroxylation is 1. The van der Waals surface area contributed by atoms with Crippen LogP contribution in [0.1, 0.15) is 11.1 Å². The molecule has 2 heterocycles. The molecule has 0 spiro atoms. The molecular weight excluding hydrogens is 326 g/mol. The summed E-state index contributed by atoms with van der Waals surface area (Å²) in [4.78, 5) is 7.70. The highest BCUT2D eigenvalue weighted by Gasteiger charge is 2.13. The van der Waals surface area contributed by atoms with Crippen LogP contribution in [0.2, 0.25) is 0 Å². The van der Waals surface area contributed by atoms with E-state index in [9.17, 15) is 8.78 Å². The quantitative estimate of drug-likeness (QED) is 0.731. The van der Waals surface area contributed by atoms with Crippen molar-refractivity contribution < 1.29 is 13.5 Å². The highest BCUT2D eigenvalue weighted by atomic mass is 19.1. The predicted octanol–water partition coefficient (Wildman–Crippen LogP) is 4.49. The van der Waals surface area contributed by atoms with Crippen molar-refractivity contribution in [1.29, 1.82) is 0 Å². The molecule has 0 amide bonds. The molecule has 7 heteroatoms. The lowest BCUT2D eigenvalue weighted by Gasteiger charge is -2.14. The molecule has 3 aromatic rings. The van der Waals surface area contributed by atoms with Crippen molar-refractivity contribution in [3.8, 4) is 11.5 Å². The molecule has 1 aromatic carbocycles. The lowest BCUT2D eigenvalue weighted by molar-refractivity contribution is 0.438. The van der Waals surface area contributed by atoms with Gasteiger partial charge in [0.2, 0.25) is 5.82 Å². The van der Waals surface area contributed by atoms with Crippen LogP contribution in [0, 0.1) is 25.5 Å². The number of anilines is 3. The normalized spacial score (nSPS) is 10.6. The third-order valence-corrected chi connectivity index (χ3v) is 3.66. The van der Waals surface area contributed by atoms with Crippen molar-refractivity contribution in [2.45, 2.75) is 13.8 Å². The maximum Gasteiger partial charge on any atom is 0.207 e. The van der Waals surface area contributed by atoms with Crippen LogP contribution in [0.25, 0.3) is 0 Å². The van der Waals surface area contributed by atoms with Gasteiger partial charge in [-0.3, -0.25) is 4.98 Å². The maximum absolute atomic E-state index is 14.0. The molecule has 2 aromatic heterocycles. The molecule has 0 aliphatic carbocycles. The smallest absolute Gasteiger partial charge is 0.207 e. The Morgan fingerprint density at radius 1 is 1.04 bits per heavy atom. The van der Waals surface area contributed by atoms with Crippen LogP contribution in [0.3, 0.4) is 0 Å². The molecule has 0 aliphatic rings. The number of nitrogens with two attached hydrogens (primary N) is 1. The summed E-state index contributed by atoms with van der Waals surface area (Å²) in [6.07, 6.45) is 4.33. The van der Waals surface area contributed by atoms with Crippen molar-refractivity contribution in [1.82, 2.24) is 9.97 Å². The first-order chi connectivity index (χ1) is 12.0. The second kappa shape index (κ2) is 6.72. The van der Waals surface area contributed by atoms with E-state index in [0.29, 0.717) is 22.7 Å². The van der Waals surface area contributed by atoms with Crippen molar-refractivity contribution in [2.75, 3.05) is 11.1 Å². The van der Waals surface area contributed by atoms with E-state index < -0.39 is 5.82 Å². The van der Waals surface area contributed by atoms with Crippen LogP contribution in [0.4, 0.5) is 26.0 Å². The Hall–Kier alpha value is -3.22.